The standard InChI is InChI=1S/C11H10FN3O/c12-7-2-3-9-8(6-7)10(11(16)15-9)14-5-1-4-13/h2-3,6,10,14H,1,5H2,(H,15,16). The minimum Gasteiger partial charge on any atom is -0.324 e. The molecule has 0 spiro atoms. The molecule has 0 fully saturated rings. The molecule has 0 aliphatic carbocycles. The van der Waals surface area contributed by atoms with Crippen LogP contribution in [0.5, 0.6) is 0 Å². The number of fused-ring (bicyclic) bond motifs is 1. The SMILES string of the molecule is N#CCCNC1C(=O)Nc2ccc(F)cc21. The van der Waals surface area contributed by atoms with Crippen LogP contribution in [0.2, 0.25) is 0 Å². The van der Waals surface area contributed by atoms with Gasteiger partial charge in [0.2, 0.25) is 5.91 Å². The van der Waals surface area contributed by atoms with Crippen LogP contribution in [0.25, 0.3) is 0 Å². The molecule has 1 amide bonds. The Kier molecular flexibility index (Phi) is 2.84. The topological polar surface area (TPSA) is 64.9 Å². The molecule has 82 valence electrons. The summed E-state index contributed by atoms with van der Waals surface area (Å²) >= 11 is 0. The number of amides is 1. The highest BCUT2D eigenvalue weighted by Gasteiger charge is 2.30. The summed E-state index contributed by atoms with van der Waals surface area (Å²) < 4.78 is 13.0. The molecule has 4 nitrogen and oxygen atoms in total. The van der Waals surface area contributed by atoms with Crippen LogP contribution in [-0.4, -0.2) is 12.5 Å². The number of nitriles is 1. The molecule has 1 aromatic rings. The molecule has 1 aromatic carbocycles. The minimum absolute atomic E-state index is 0.210. The molecule has 0 radical (unpaired) electrons. The highest BCUT2D eigenvalue weighted by molar-refractivity contribution is 6.02. The molecule has 0 aromatic heterocycles. The van der Waals surface area contributed by atoms with E-state index in [4.69, 9.17) is 5.26 Å². The number of halogens is 1. The van der Waals surface area contributed by atoms with E-state index in [0.29, 0.717) is 24.2 Å². The lowest BCUT2D eigenvalue weighted by Gasteiger charge is -2.09. The van der Waals surface area contributed by atoms with Crippen molar-refractivity contribution in [2.45, 2.75) is 12.5 Å². The molecule has 1 atom stereocenters. The molecule has 0 bridgehead atoms. The maximum absolute atomic E-state index is 13.0. The number of benzene rings is 1. The molecule has 0 saturated carbocycles. The van der Waals surface area contributed by atoms with Gasteiger partial charge < -0.3 is 10.6 Å². The van der Waals surface area contributed by atoms with Crippen LogP contribution in [0.3, 0.4) is 0 Å². The molecule has 1 heterocycles. The van der Waals surface area contributed by atoms with Crippen molar-refractivity contribution in [3.8, 4) is 6.07 Å². The summed E-state index contributed by atoms with van der Waals surface area (Å²) in [6, 6.07) is 5.59. The monoisotopic (exact) mass is 219 g/mol. The van der Waals surface area contributed by atoms with Gasteiger partial charge in [0.15, 0.2) is 0 Å². The highest BCUT2D eigenvalue weighted by Crippen LogP contribution is 2.30. The lowest BCUT2D eigenvalue weighted by Crippen LogP contribution is -2.28. The van der Waals surface area contributed by atoms with Gasteiger partial charge in [-0.1, -0.05) is 0 Å². The second kappa shape index (κ2) is 4.29. The minimum atomic E-state index is -0.556. The first-order valence-corrected chi connectivity index (χ1v) is 4.93. The average Bonchev–Trinajstić information content (AvgIpc) is 2.56. The van der Waals surface area contributed by atoms with Gasteiger partial charge in [-0.25, -0.2) is 4.39 Å². The average molecular weight is 219 g/mol. The first-order chi connectivity index (χ1) is 7.72. The second-order valence-corrected chi connectivity index (χ2v) is 3.52. The van der Waals surface area contributed by atoms with Crippen molar-refractivity contribution in [1.29, 1.82) is 5.26 Å². The van der Waals surface area contributed by atoms with Gasteiger partial charge in [0.1, 0.15) is 11.9 Å². The first-order valence-electron chi connectivity index (χ1n) is 4.93. The van der Waals surface area contributed by atoms with Crippen LogP contribution in [0.4, 0.5) is 10.1 Å². The van der Waals surface area contributed by atoms with E-state index in [1.54, 1.807) is 0 Å². The molecular formula is C11H10FN3O. The summed E-state index contributed by atoms with van der Waals surface area (Å²) in [7, 11) is 0. The Balaban J connectivity index is 2.18. The summed E-state index contributed by atoms with van der Waals surface area (Å²) in [6.07, 6.45) is 0.314. The zero-order valence-electron chi connectivity index (χ0n) is 8.46. The van der Waals surface area contributed by atoms with E-state index in [2.05, 4.69) is 10.6 Å². The lowest BCUT2D eigenvalue weighted by atomic mass is 10.1. The van der Waals surface area contributed by atoms with Crippen molar-refractivity contribution in [2.24, 2.45) is 0 Å². The van der Waals surface area contributed by atoms with Gasteiger partial charge in [-0.2, -0.15) is 5.26 Å². The van der Waals surface area contributed by atoms with Crippen molar-refractivity contribution in [3.05, 3.63) is 29.6 Å². The molecule has 2 N–H and O–H groups in total. The summed E-state index contributed by atoms with van der Waals surface area (Å²) in [5.74, 6) is -0.583. The Morgan fingerprint density at radius 3 is 3.12 bits per heavy atom. The van der Waals surface area contributed by atoms with Gasteiger partial charge in [0.25, 0.3) is 0 Å². The zero-order chi connectivity index (χ0) is 11.5. The second-order valence-electron chi connectivity index (χ2n) is 3.52. The van der Waals surface area contributed by atoms with E-state index < -0.39 is 6.04 Å². The third-order valence-corrected chi connectivity index (χ3v) is 2.43. The molecule has 1 unspecified atom stereocenters. The summed E-state index contributed by atoms with van der Waals surface area (Å²) in [6.45, 7) is 0.407. The van der Waals surface area contributed by atoms with Crippen LogP contribution in [0.15, 0.2) is 18.2 Å². The number of carbonyl (C=O) groups is 1. The Labute approximate surface area is 92.1 Å². The third kappa shape index (κ3) is 1.88. The number of rotatable bonds is 3. The highest BCUT2D eigenvalue weighted by atomic mass is 19.1. The van der Waals surface area contributed by atoms with Crippen molar-refractivity contribution in [2.75, 3.05) is 11.9 Å². The predicted molar refractivity (Wildman–Crippen MR) is 56.0 cm³/mol. The molecule has 1 aliphatic heterocycles. The third-order valence-electron chi connectivity index (χ3n) is 2.43. The van der Waals surface area contributed by atoms with Gasteiger partial charge in [-0.15, -0.1) is 0 Å². The fourth-order valence-corrected chi connectivity index (χ4v) is 1.71. The molecular weight excluding hydrogens is 209 g/mol. The Morgan fingerprint density at radius 2 is 2.38 bits per heavy atom. The number of nitrogens with zero attached hydrogens (tertiary/aromatic N) is 1. The summed E-state index contributed by atoms with van der Waals surface area (Å²) in [4.78, 5) is 11.6. The summed E-state index contributed by atoms with van der Waals surface area (Å²) in [5, 5.41) is 14.0. The smallest absolute Gasteiger partial charge is 0.246 e. The Morgan fingerprint density at radius 1 is 1.56 bits per heavy atom. The van der Waals surface area contributed by atoms with Gasteiger partial charge in [0, 0.05) is 24.2 Å². The van der Waals surface area contributed by atoms with E-state index in [-0.39, 0.29) is 11.7 Å². The molecule has 0 saturated heterocycles. The normalized spacial score (nSPS) is 17.8. The first kappa shape index (κ1) is 10.6. The Bertz CT molecular complexity index is 467. The molecule has 1 aliphatic rings. The van der Waals surface area contributed by atoms with E-state index in [1.807, 2.05) is 6.07 Å². The predicted octanol–water partition coefficient (Wildman–Crippen LogP) is 1.32. The van der Waals surface area contributed by atoms with Gasteiger partial charge in [0.05, 0.1) is 6.07 Å². The van der Waals surface area contributed by atoms with Gasteiger partial charge in [-0.3, -0.25) is 4.79 Å². The number of hydrogen-bond acceptors (Lipinski definition) is 3. The fraction of sp³-hybridized carbons (Fsp3) is 0.273. The van der Waals surface area contributed by atoms with Crippen molar-refractivity contribution < 1.29 is 9.18 Å². The van der Waals surface area contributed by atoms with Gasteiger partial charge >= 0.3 is 0 Å². The quantitative estimate of drug-likeness (QED) is 0.753. The van der Waals surface area contributed by atoms with E-state index in [1.165, 1.54) is 18.2 Å². The fourth-order valence-electron chi connectivity index (χ4n) is 1.71. The number of nitrogens with one attached hydrogen (secondary N) is 2. The van der Waals surface area contributed by atoms with Crippen molar-refractivity contribution in [3.63, 3.8) is 0 Å². The van der Waals surface area contributed by atoms with Crippen LogP contribution < -0.4 is 10.6 Å². The lowest BCUT2D eigenvalue weighted by molar-refractivity contribution is -0.117. The number of anilines is 1. The van der Waals surface area contributed by atoms with Crippen molar-refractivity contribution >= 4 is 11.6 Å². The van der Waals surface area contributed by atoms with E-state index in [0.717, 1.165) is 0 Å². The van der Waals surface area contributed by atoms with Crippen molar-refractivity contribution in [1.82, 2.24) is 5.32 Å². The molecule has 16 heavy (non-hydrogen) atoms. The largest absolute Gasteiger partial charge is 0.324 e. The number of hydrogen-bond donors (Lipinski definition) is 2. The van der Waals surface area contributed by atoms with Crippen LogP contribution in [0, 0.1) is 17.1 Å². The maximum atomic E-state index is 13.0. The van der Waals surface area contributed by atoms with E-state index >= 15 is 0 Å². The summed E-state index contributed by atoms with van der Waals surface area (Å²) in [5.41, 5.74) is 1.23. The molecule has 5 heteroatoms. The maximum Gasteiger partial charge on any atom is 0.246 e. The van der Waals surface area contributed by atoms with Crippen LogP contribution in [-0.2, 0) is 4.79 Å². The van der Waals surface area contributed by atoms with Crippen LogP contribution in [0.1, 0.15) is 18.0 Å². The number of carbonyl (C=O) groups excluding carboxylic acids is 1. The zero-order valence-corrected chi connectivity index (χ0v) is 8.46. The molecule has 2 rings (SSSR count). The van der Waals surface area contributed by atoms with Crippen LogP contribution >= 0.6 is 0 Å². The van der Waals surface area contributed by atoms with E-state index in [9.17, 15) is 9.18 Å². The van der Waals surface area contributed by atoms with Gasteiger partial charge in [-0.05, 0) is 18.2 Å². The Hall–Kier alpha value is -1.93.